The fourth-order valence-electron chi connectivity index (χ4n) is 3.53. The van der Waals surface area contributed by atoms with Crippen LogP contribution in [0, 0.1) is 0 Å². The molecule has 0 aliphatic rings. The number of carbonyl (C=O) groups is 4. The van der Waals surface area contributed by atoms with Crippen molar-refractivity contribution >= 4 is 23.9 Å². The first-order valence-corrected chi connectivity index (χ1v) is 13.7. The lowest BCUT2D eigenvalue weighted by Crippen LogP contribution is -2.13. The molecule has 3 aromatic rings. The van der Waals surface area contributed by atoms with E-state index in [1.54, 1.807) is 70.2 Å². The molecule has 226 valence electrons. The SMILES string of the molecule is C=C(C)C(=O)Oc1ccc(-c2ccc(-c3ccc(OC(=O)/C(C)=C\C)c(OC(=O)/C(C)=C\C)c3)cc2)cc1OC(=O)C(=C)C. The zero-order valence-corrected chi connectivity index (χ0v) is 25.6. The number of carbonyl (C=O) groups excluding carboxylic acids is 4. The highest BCUT2D eigenvalue weighted by Crippen LogP contribution is 2.37. The predicted molar refractivity (Wildman–Crippen MR) is 168 cm³/mol. The summed E-state index contributed by atoms with van der Waals surface area (Å²) in [5, 5.41) is 0. The Morgan fingerprint density at radius 2 is 0.773 bits per heavy atom. The van der Waals surface area contributed by atoms with Crippen LogP contribution in [0.4, 0.5) is 0 Å². The maximum Gasteiger partial charge on any atom is 0.338 e. The third kappa shape index (κ3) is 8.29. The summed E-state index contributed by atoms with van der Waals surface area (Å²) >= 11 is 0. The Labute approximate surface area is 256 Å². The van der Waals surface area contributed by atoms with Crippen molar-refractivity contribution in [1.82, 2.24) is 0 Å². The maximum atomic E-state index is 12.6. The molecule has 0 amide bonds. The van der Waals surface area contributed by atoms with E-state index in [-0.39, 0.29) is 34.1 Å². The molecule has 3 rings (SSSR count). The van der Waals surface area contributed by atoms with E-state index < -0.39 is 23.9 Å². The normalized spacial score (nSPS) is 11.3. The van der Waals surface area contributed by atoms with Crippen LogP contribution >= 0.6 is 0 Å². The minimum Gasteiger partial charge on any atom is -0.419 e. The molecule has 0 heterocycles. The predicted octanol–water partition coefficient (Wildman–Crippen LogP) is 7.73. The van der Waals surface area contributed by atoms with Crippen LogP contribution in [0.25, 0.3) is 22.3 Å². The van der Waals surface area contributed by atoms with Gasteiger partial charge < -0.3 is 18.9 Å². The van der Waals surface area contributed by atoms with Crippen molar-refractivity contribution in [2.24, 2.45) is 0 Å². The number of allylic oxidation sites excluding steroid dienone is 2. The van der Waals surface area contributed by atoms with E-state index in [1.807, 2.05) is 24.3 Å². The molecule has 0 aromatic heterocycles. The summed E-state index contributed by atoms with van der Waals surface area (Å²) in [4.78, 5) is 49.4. The van der Waals surface area contributed by atoms with Gasteiger partial charge in [0.15, 0.2) is 23.0 Å². The van der Waals surface area contributed by atoms with Crippen LogP contribution < -0.4 is 18.9 Å². The number of hydrogen-bond acceptors (Lipinski definition) is 8. The zero-order valence-electron chi connectivity index (χ0n) is 25.6. The van der Waals surface area contributed by atoms with Crippen LogP contribution in [-0.4, -0.2) is 23.9 Å². The van der Waals surface area contributed by atoms with Gasteiger partial charge in [0.25, 0.3) is 0 Å². The molecule has 8 heteroatoms. The largest absolute Gasteiger partial charge is 0.419 e. The molecule has 3 aromatic carbocycles. The molecule has 0 bridgehead atoms. The summed E-state index contributed by atoms with van der Waals surface area (Å²) in [5.74, 6) is -2.13. The molecular weight excluding hydrogens is 560 g/mol. The first kappa shape index (κ1) is 33.0. The van der Waals surface area contributed by atoms with Gasteiger partial charge in [0.2, 0.25) is 0 Å². The van der Waals surface area contributed by atoms with Crippen molar-refractivity contribution in [1.29, 1.82) is 0 Å². The lowest BCUT2D eigenvalue weighted by molar-refractivity contribution is -0.132. The third-order valence-corrected chi connectivity index (χ3v) is 6.46. The first-order valence-electron chi connectivity index (χ1n) is 13.7. The summed E-state index contributed by atoms with van der Waals surface area (Å²) in [5.41, 5.74) is 4.14. The van der Waals surface area contributed by atoms with Crippen LogP contribution in [0.3, 0.4) is 0 Å². The van der Waals surface area contributed by atoms with Gasteiger partial charge in [-0.3, -0.25) is 0 Å². The van der Waals surface area contributed by atoms with Crippen molar-refractivity contribution in [3.63, 3.8) is 0 Å². The van der Waals surface area contributed by atoms with Crippen molar-refractivity contribution in [2.45, 2.75) is 41.5 Å². The van der Waals surface area contributed by atoms with E-state index in [4.69, 9.17) is 18.9 Å². The summed E-state index contributed by atoms with van der Waals surface area (Å²) < 4.78 is 21.9. The monoisotopic (exact) mass is 594 g/mol. The average Bonchev–Trinajstić information content (AvgIpc) is 3.01. The van der Waals surface area contributed by atoms with E-state index >= 15 is 0 Å². The number of hydrogen-bond donors (Lipinski definition) is 0. The quantitative estimate of drug-likeness (QED) is 0.133. The fourth-order valence-corrected chi connectivity index (χ4v) is 3.53. The van der Waals surface area contributed by atoms with Crippen molar-refractivity contribution < 1.29 is 38.1 Å². The Bertz CT molecular complexity index is 1700. The Kier molecular flexibility index (Phi) is 11.0. The molecule has 0 fully saturated rings. The second-order valence-electron chi connectivity index (χ2n) is 9.96. The van der Waals surface area contributed by atoms with Gasteiger partial charge in [0.1, 0.15) is 0 Å². The van der Waals surface area contributed by atoms with E-state index in [0.29, 0.717) is 22.3 Å². The minimum absolute atomic E-state index is 0.0512. The van der Waals surface area contributed by atoms with Gasteiger partial charge >= 0.3 is 23.9 Å². The lowest BCUT2D eigenvalue weighted by Gasteiger charge is -2.14. The van der Waals surface area contributed by atoms with Crippen molar-refractivity contribution in [3.8, 4) is 45.3 Å². The fraction of sp³-hybridized carbons (Fsp3) is 0.167. The summed E-state index contributed by atoms with van der Waals surface area (Å²) in [6.07, 6.45) is 3.26. The van der Waals surface area contributed by atoms with Gasteiger partial charge in [-0.25, -0.2) is 19.2 Å². The molecule has 0 aliphatic carbocycles. The molecule has 0 saturated carbocycles. The molecule has 0 N–H and O–H groups in total. The maximum absolute atomic E-state index is 12.6. The first-order chi connectivity index (χ1) is 20.8. The molecular formula is C36H34O8. The molecule has 0 aliphatic heterocycles. The summed E-state index contributed by atoms with van der Waals surface area (Å²) in [6.45, 7) is 16.9. The highest BCUT2D eigenvalue weighted by molar-refractivity contribution is 5.93. The highest BCUT2D eigenvalue weighted by atomic mass is 16.6. The second kappa shape index (κ2) is 14.6. The summed E-state index contributed by atoms with van der Waals surface area (Å²) in [7, 11) is 0. The number of ether oxygens (including phenoxy) is 4. The van der Waals surface area contributed by atoms with Crippen LogP contribution in [0.2, 0.25) is 0 Å². The van der Waals surface area contributed by atoms with Gasteiger partial charge in [-0.2, -0.15) is 0 Å². The van der Waals surface area contributed by atoms with Gasteiger partial charge in [-0.15, -0.1) is 0 Å². The van der Waals surface area contributed by atoms with E-state index in [1.165, 1.54) is 19.9 Å². The third-order valence-electron chi connectivity index (χ3n) is 6.46. The van der Waals surface area contributed by atoms with Crippen LogP contribution in [0.5, 0.6) is 23.0 Å². The Morgan fingerprint density at radius 3 is 1.11 bits per heavy atom. The Hall–Kier alpha value is -5.50. The number of esters is 4. The molecule has 8 nitrogen and oxygen atoms in total. The lowest BCUT2D eigenvalue weighted by atomic mass is 9.99. The van der Waals surface area contributed by atoms with Gasteiger partial charge in [0.05, 0.1) is 0 Å². The van der Waals surface area contributed by atoms with E-state index in [2.05, 4.69) is 13.2 Å². The highest BCUT2D eigenvalue weighted by Gasteiger charge is 2.18. The van der Waals surface area contributed by atoms with Gasteiger partial charge in [-0.05, 0) is 88.1 Å². The molecule has 0 radical (unpaired) electrons. The summed E-state index contributed by atoms with van der Waals surface area (Å²) in [6, 6.07) is 17.2. The van der Waals surface area contributed by atoms with Crippen LogP contribution in [0.1, 0.15) is 41.5 Å². The van der Waals surface area contributed by atoms with E-state index in [9.17, 15) is 19.2 Å². The molecule has 0 saturated heterocycles. The standard InChI is InChI=1S/C36H34O8/c1-9-23(7)35(39)42-30-18-16-28(20-32(30)44-36(40)24(8)10-2)26-13-11-25(12-14-26)27-15-17-29(41-33(37)21(3)4)31(19-27)43-34(38)22(5)6/h9-20H,3,5H2,1-2,4,6-8H3/b23-9-,24-10-. The topological polar surface area (TPSA) is 105 Å². The second-order valence-corrected chi connectivity index (χ2v) is 9.96. The van der Waals surface area contributed by atoms with Gasteiger partial charge in [0, 0.05) is 22.3 Å². The average molecular weight is 595 g/mol. The van der Waals surface area contributed by atoms with Crippen molar-refractivity contribution in [3.05, 3.63) is 108 Å². The molecule has 0 spiro atoms. The molecule has 44 heavy (non-hydrogen) atoms. The molecule has 0 atom stereocenters. The smallest absolute Gasteiger partial charge is 0.338 e. The van der Waals surface area contributed by atoms with Crippen molar-refractivity contribution in [2.75, 3.05) is 0 Å². The number of benzene rings is 3. The number of rotatable bonds is 10. The Morgan fingerprint density at radius 1 is 0.477 bits per heavy atom. The Balaban J connectivity index is 1.98. The van der Waals surface area contributed by atoms with E-state index in [0.717, 1.165) is 11.1 Å². The minimum atomic E-state index is -0.666. The van der Waals surface area contributed by atoms with Crippen LogP contribution in [0.15, 0.2) is 108 Å². The van der Waals surface area contributed by atoms with Gasteiger partial charge in [-0.1, -0.05) is 61.7 Å². The molecule has 0 unspecified atom stereocenters. The van der Waals surface area contributed by atoms with Crippen LogP contribution in [-0.2, 0) is 19.2 Å². The zero-order chi connectivity index (χ0) is 32.6.